The average molecular weight is 806 g/mol. The van der Waals surface area contributed by atoms with E-state index in [2.05, 4.69) is 149 Å². The molecule has 0 spiro atoms. The summed E-state index contributed by atoms with van der Waals surface area (Å²) in [5, 5.41) is 6.68. The lowest BCUT2D eigenvalue weighted by molar-refractivity contribution is 0.673. The van der Waals surface area contributed by atoms with Crippen LogP contribution in [-0.2, 0) is 0 Å². The molecule has 0 saturated carbocycles. The zero-order valence-electron chi connectivity index (χ0n) is 33.9. The normalized spacial score (nSPS) is 11.8. The van der Waals surface area contributed by atoms with Gasteiger partial charge in [0.15, 0.2) is 11.6 Å². The minimum atomic E-state index is 0.532. The molecule has 13 rings (SSSR count). The van der Waals surface area contributed by atoms with Crippen molar-refractivity contribution in [2.24, 2.45) is 0 Å². The van der Waals surface area contributed by atoms with Crippen molar-refractivity contribution in [1.29, 1.82) is 0 Å². The Balaban J connectivity index is 1.06. The van der Waals surface area contributed by atoms with Gasteiger partial charge in [-0.15, -0.1) is 0 Å². The molecule has 9 aromatic carbocycles. The Bertz CT molecular complexity index is 3830. The SMILES string of the molecule is c1ccc(-c2nc(-c3ccccc3)nc(-n3c4ccccc4c4c5oc6ccccc6c5cc(-c5ccc(-c6ccc7c8ccccc8n(-c8ccccc8)c7c6)cc5)c43)n2)cc1. The van der Waals surface area contributed by atoms with Gasteiger partial charge >= 0.3 is 0 Å². The second-order valence-electron chi connectivity index (χ2n) is 16.0. The second kappa shape index (κ2) is 14.0. The lowest BCUT2D eigenvalue weighted by atomic mass is 9.96. The molecule has 0 atom stereocenters. The molecule has 0 amide bonds. The predicted octanol–water partition coefficient (Wildman–Crippen LogP) is 14.6. The Morgan fingerprint density at radius 3 is 1.59 bits per heavy atom. The minimum absolute atomic E-state index is 0.532. The van der Waals surface area contributed by atoms with Crippen LogP contribution in [0, 0.1) is 0 Å². The fourth-order valence-electron chi connectivity index (χ4n) is 9.50. The van der Waals surface area contributed by atoms with Crippen LogP contribution in [0.5, 0.6) is 0 Å². The molecule has 0 unspecified atom stereocenters. The van der Waals surface area contributed by atoms with Gasteiger partial charge < -0.3 is 8.98 Å². The summed E-state index contributed by atoms with van der Waals surface area (Å²) in [5.41, 5.74) is 13.4. The second-order valence-corrected chi connectivity index (χ2v) is 16.0. The van der Waals surface area contributed by atoms with Crippen molar-refractivity contribution in [3.63, 3.8) is 0 Å². The average Bonchev–Trinajstić information content (AvgIpc) is 4.02. The van der Waals surface area contributed by atoms with Gasteiger partial charge in [-0.1, -0.05) is 170 Å². The van der Waals surface area contributed by atoms with Crippen LogP contribution in [0.3, 0.4) is 0 Å². The summed E-state index contributed by atoms with van der Waals surface area (Å²) in [6.07, 6.45) is 0. The number of para-hydroxylation sites is 4. The van der Waals surface area contributed by atoms with Gasteiger partial charge in [0.1, 0.15) is 11.2 Å². The molecule has 0 radical (unpaired) electrons. The van der Waals surface area contributed by atoms with Crippen LogP contribution in [0.4, 0.5) is 0 Å². The summed E-state index contributed by atoms with van der Waals surface area (Å²) in [4.78, 5) is 15.6. The maximum Gasteiger partial charge on any atom is 0.238 e. The quantitative estimate of drug-likeness (QED) is 0.168. The van der Waals surface area contributed by atoms with Crippen LogP contribution in [0.15, 0.2) is 217 Å². The van der Waals surface area contributed by atoms with Crippen LogP contribution in [0.2, 0.25) is 0 Å². The third kappa shape index (κ3) is 5.55. The smallest absolute Gasteiger partial charge is 0.238 e. The van der Waals surface area contributed by atoms with E-state index in [4.69, 9.17) is 19.4 Å². The molecule has 4 heterocycles. The molecule has 0 bridgehead atoms. The van der Waals surface area contributed by atoms with E-state index in [0.29, 0.717) is 17.6 Å². The van der Waals surface area contributed by atoms with Gasteiger partial charge in [-0.3, -0.25) is 4.57 Å². The molecule has 0 N–H and O–H groups in total. The zero-order valence-corrected chi connectivity index (χ0v) is 33.9. The highest BCUT2D eigenvalue weighted by Crippen LogP contribution is 2.46. The molecule has 0 aliphatic carbocycles. The molecular weight excluding hydrogens is 771 g/mol. The van der Waals surface area contributed by atoms with Gasteiger partial charge in [-0.25, -0.2) is 4.98 Å². The van der Waals surface area contributed by atoms with E-state index in [0.717, 1.165) is 82.8 Å². The van der Waals surface area contributed by atoms with E-state index in [1.54, 1.807) is 0 Å². The number of nitrogens with zero attached hydrogens (tertiary/aromatic N) is 5. The highest BCUT2D eigenvalue weighted by atomic mass is 16.3. The Kier molecular flexibility index (Phi) is 7.80. The number of benzene rings is 9. The third-order valence-electron chi connectivity index (χ3n) is 12.4. The number of fused-ring (bicyclic) bond motifs is 10. The molecule has 63 heavy (non-hydrogen) atoms. The first-order chi connectivity index (χ1) is 31.2. The van der Waals surface area contributed by atoms with Crippen molar-refractivity contribution in [1.82, 2.24) is 24.1 Å². The fraction of sp³-hybridized carbons (Fsp3) is 0. The monoisotopic (exact) mass is 805 g/mol. The zero-order chi connectivity index (χ0) is 41.4. The van der Waals surface area contributed by atoms with Crippen LogP contribution >= 0.6 is 0 Å². The third-order valence-corrected chi connectivity index (χ3v) is 12.4. The van der Waals surface area contributed by atoms with Crippen molar-refractivity contribution in [2.45, 2.75) is 0 Å². The number of hydrogen-bond donors (Lipinski definition) is 0. The van der Waals surface area contributed by atoms with Gasteiger partial charge in [-0.2, -0.15) is 9.97 Å². The predicted molar refractivity (Wildman–Crippen MR) is 258 cm³/mol. The van der Waals surface area contributed by atoms with Crippen molar-refractivity contribution in [3.8, 4) is 56.7 Å². The van der Waals surface area contributed by atoms with Crippen LogP contribution in [-0.4, -0.2) is 24.1 Å². The molecule has 0 aliphatic heterocycles. The maximum atomic E-state index is 6.81. The van der Waals surface area contributed by atoms with Crippen molar-refractivity contribution < 1.29 is 4.42 Å². The molecular formula is C57H35N5O. The number of rotatable bonds is 6. The first-order valence-corrected chi connectivity index (χ1v) is 21.2. The molecule has 4 aromatic heterocycles. The van der Waals surface area contributed by atoms with Crippen LogP contribution in [0.25, 0.3) is 122 Å². The Labute approximate surface area is 361 Å². The highest BCUT2D eigenvalue weighted by molar-refractivity contribution is 6.27. The van der Waals surface area contributed by atoms with E-state index in [9.17, 15) is 0 Å². The maximum absolute atomic E-state index is 6.81. The molecule has 0 saturated heterocycles. The molecule has 0 aliphatic rings. The van der Waals surface area contributed by atoms with E-state index in [1.165, 1.54) is 21.8 Å². The van der Waals surface area contributed by atoms with Gasteiger partial charge in [0.05, 0.1) is 27.5 Å². The lowest BCUT2D eigenvalue weighted by Gasteiger charge is -2.14. The fourth-order valence-corrected chi connectivity index (χ4v) is 9.50. The Hall–Kier alpha value is -8.61. The van der Waals surface area contributed by atoms with E-state index < -0.39 is 0 Å². The molecule has 6 nitrogen and oxygen atoms in total. The van der Waals surface area contributed by atoms with Crippen molar-refractivity contribution >= 4 is 65.6 Å². The largest absolute Gasteiger partial charge is 0.455 e. The van der Waals surface area contributed by atoms with Crippen molar-refractivity contribution in [3.05, 3.63) is 212 Å². The van der Waals surface area contributed by atoms with E-state index in [-0.39, 0.29) is 0 Å². The Morgan fingerprint density at radius 1 is 0.349 bits per heavy atom. The van der Waals surface area contributed by atoms with Crippen molar-refractivity contribution in [2.75, 3.05) is 0 Å². The molecule has 6 heteroatoms. The summed E-state index contributed by atoms with van der Waals surface area (Å²) < 4.78 is 11.4. The number of aromatic nitrogens is 5. The summed E-state index contributed by atoms with van der Waals surface area (Å²) in [6.45, 7) is 0. The van der Waals surface area contributed by atoms with Gasteiger partial charge in [0.25, 0.3) is 0 Å². The lowest BCUT2D eigenvalue weighted by Crippen LogP contribution is -2.07. The molecule has 13 aromatic rings. The number of furan rings is 1. The van der Waals surface area contributed by atoms with Gasteiger partial charge in [0.2, 0.25) is 5.95 Å². The Morgan fingerprint density at radius 2 is 0.889 bits per heavy atom. The van der Waals surface area contributed by atoms with Crippen LogP contribution in [0.1, 0.15) is 0 Å². The van der Waals surface area contributed by atoms with Crippen LogP contribution < -0.4 is 0 Å². The highest BCUT2D eigenvalue weighted by Gasteiger charge is 2.25. The van der Waals surface area contributed by atoms with E-state index in [1.807, 2.05) is 72.8 Å². The summed E-state index contributed by atoms with van der Waals surface area (Å²) in [7, 11) is 0. The standard InChI is InChI=1S/C57H35N5O/c1-4-16-38(17-5-1)55-58-56(39-18-6-2-7-19-39)60-57(59-55)62-49-26-14-11-24-45(49)52-53(62)46(35-47-44-23-12-15-27-51(44)63-54(47)52)37-30-28-36(29-31-37)40-32-33-43-42-22-10-13-25-48(42)61(50(43)34-40)41-20-8-3-9-21-41/h1-35H. The number of hydrogen-bond acceptors (Lipinski definition) is 4. The van der Waals surface area contributed by atoms with E-state index >= 15 is 0 Å². The molecule has 294 valence electrons. The first-order valence-electron chi connectivity index (χ1n) is 21.2. The summed E-state index contributed by atoms with van der Waals surface area (Å²) in [6, 6.07) is 74.4. The molecule has 0 fully saturated rings. The van der Waals surface area contributed by atoms with Gasteiger partial charge in [-0.05, 0) is 59.2 Å². The first kappa shape index (κ1) is 35.2. The topological polar surface area (TPSA) is 61.7 Å². The minimum Gasteiger partial charge on any atom is -0.455 e. The summed E-state index contributed by atoms with van der Waals surface area (Å²) >= 11 is 0. The van der Waals surface area contributed by atoms with Gasteiger partial charge in [0, 0.05) is 49.3 Å². The summed E-state index contributed by atoms with van der Waals surface area (Å²) in [5.74, 6) is 1.73.